The van der Waals surface area contributed by atoms with E-state index in [9.17, 15) is 0 Å². The summed E-state index contributed by atoms with van der Waals surface area (Å²) in [5, 5.41) is 6.92. The van der Waals surface area contributed by atoms with E-state index in [2.05, 4.69) is 32.6 Å². The lowest BCUT2D eigenvalue weighted by Crippen LogP contribution is -2.29. The van der Waals surface area contributed by atoms with E-state index in [0.717, 1.165) is 29.7 Å². The Bertz CT molecular complexity index is 365. The first kappa shape index (κ1) is 14.4. The number of hydrogen-bond acceptors (Lipinski definition) is 2. The monoisotopic (exact) mass is 316 g/mol. The number of rotatable bonds is 5. The van der Waals surface area contributed by atoms with Crippen molar-refractivity contribution in [2.24, 2.45) is 0 Å². The van der Waals surface area contributed by atoms with Gasteiger partial charge >= 0.3 is 0 Å². The topological polar surface area (TPSA) is 33.3 Å². The van der Waals surface area contributed by atoms with Crippen molar-refractivity contribution in [3.05, 3.63) is 28.2 Å². The Morgan fingerprint density at radius 1 is 1.41 bits per heavy atom. The molecule has 0 radical (unpaired) electrons. The molecule has 1 aromatic carbocycles. The Balaban J connectivity index is 2.39. The van der Waals surface area contributed by atoms with Crippen LogP contribution in [0.25, 0.3) is 0 Å². The molecule has 1 rings (SSSR count). The summed E-state index contributed by atoms with van der Waals surface area (Å²) in [6.07, 6.45) is 0.940. The van der Waals surface area contributed by atoms with Gasteiger partial charge in [-0.1, -0.05) is 15.9 Å². The first-order chi connectivity index (χ1) is 8.11. The molecule has 0 atom stereocenters. The number of benzene rings is 1. The van der Waals surface area contributed by atoms with E-state index in [1.54, 1.807) is 7.11 Å². The molecule has 0 aliphatic carbocycles. The van der Waals surface area contributed by atoms with Gasteiger partial charge in [0, 0.05) is 30.4 Å². The molecule has 17 heavy (non-hydrogen) atoms. The summed E-state index contributed by atoms with van der Waals surface area (Å²) in [6.45, 7) is 3.60. The van der Waals surface area contributed by atoms with E-state index in [1.807, 2.05) is 19.1 Å². The summed E-state index contributed by atoms with van der Waals surface area (Å²) < 4.78 is 6.01. The minimum atomic E-state index is 0.638. The molecule has 0 fully saturated rings. The third-order valence-electron chi connectivity index (χ3n) is 2.11. The van der Waals surface area contributed by atoms with Crippen LogP contribution in [0.3, 0.4) is 0 Å². The zero-order chi connectivity index (χ0) is 12.7. The summed E-state index contributed by atoms with van der Waals surface area (Å²) in [5.74, 6) is 0. The molecular formula is C12H17BrN2OS. The van der Waals surface area contributed by atoms with Crippen LogP contribution < -0.4 is 10.6 Å². The molecule has 3 nitrogen and oxygen atoms in total. The number of halogens is 1. The highest BCUT2D eigenvalue weighted by Crippen LogP contribution is 2.18. The summed E-state index contributed by atoms with van der Waals surface area (Å²) in [6, 6.07) is 6.10. The van der Waals surface area contributed by atoms with Gasteiger partial charge in [-0.05, 0) is 49.3 Å². The molecule has 5 heteroatoms. The molecule has 0 spiro atoms. The second-order valence-electron chi connectivity index (χ2n) is 3.74. The Hall–Kier alpha value is -0.650. The smallest absolute Gasteiger partial charge is 0.170 e. The maximum absolute atomic E-state index is 5.19. The zero-order valence-electron chi connectivity index (χ0n) is 10.0. The molecule has 94 valence electrons. The van der Waals surface area contributed by atoms with Crippen LogP contribution in [0.15, 0.2) is 22.7 Å². The molecule has 0 bridgehead atoms. The Morgan fingerprint density at radius 2 is 2.18 bits per heavy atom. The predicted octanol–water partition coefficient (Wildman–Crippen LogP) is 3.08. The maximum Gasteiger partial charge on any atom is 0.170 e. The van der Waals surface area contributed by atoms with Gasteiger partial charge in [-0.3, -0.25) is 0 Å². The van der Waals surface area contributed by atoms with Crippen molar-refractivity contribution in [2.45, 2.75) is 13.3 Å². The molecule has 0 aromatic heterocycles. The molecule has 0 unspecified atom stereocenters. The highest BCUT2D eigenvalue weighted by molar-refractivity contribution is 9.10. The van der Waals surface area contributed by atoms with E-state index in [1.165, 1.54) is 5.56 Å². The van der Waals surface area contributed by atoms with E-state index in [0.29, 0.717) is 5.11 Å². The molecule has 2 N–H and O–H groups in total. The van der Waals surface area contributed by atoms with E-state index >= 15 is 0 Å². The molecule has 0 aliphatic rings. The number of nitrogens with one attached hydrogen (secondary N) is 2. The first-order valence-electron chi connectivity index (χ1n) is 5.43. The lowest BCUT2D eigenvalue weighted by Gasteiger charge is -2.11. The fraction of sp³-hybridized carbons (Fsp3) is 0.417. The van der Waals surface area contributed by atoms with Crippen LogP contribution in [0.1, 0.15) is 12.0 Å². The van der Waals surface area contributed by atoms with Gasteiger partial charge in [-0.25, -0.2) is 0 Å². The SMILES string of the molecule is COCCCNC(=S)Nc1cc(C)cc(Br)c1. The van der Waals surface area contributed by atoms with Gasteiger partial charge in [0.1, 0.15) is 0 Å². The number of aryl methyl sites for hydroxylation is 1. The van der Waals surface area contributed by atoms with Crippen LogP contribution in [-0.2, 0) is 4.74 Å². The summed E-state index contributed by atoms with van der Waals surface area (Å²) in [4.78, 5) is 0. The van der Waals surface area contributed by atoms with Crippen LogP contribution in [0, 0.1) is 6.92 Å². The summed E-state index contributed by atoms with van der Waals surface area (Å²) in [7, 11) is 1.70. The zero-order valence-corrected chi connectivity index (χ0v) is 12.5. The second kappa shape index (κ2) is 7.63. The molecule has 0 heterocycles. The average Bonchev–Trinajstić information content (AvgIpc) is 2.23. The first-order valence-corrected chi connectivity index (χ1v) is 6.63. The molecule has 0 saturated heterocycles. The Morgan fingerprint density at radius 3 is 2.82 bits per heavy atom. The van der Waals surface area contributed by atoms with Crippen molar-refractivity contribution in [1.82, 2.24) is 5.32 Å². The van der Waals surface area contributed by atoms with Gasteiger partial charge in [0.2, 0.25) is 0 Å². The molecule has 0 amide bonds. The van der Waals surface area contributed by atoms with Crippen molar-refractivity contribution < 1.29 is 4.74 Å². The van der Waals surface area contributed by atoms with Gasteiger partial charge in [-0.2, -0.15) is 0 Å². The Kier molecular flexibility index (Phi) is 6.47. The highest BCUT2D eigenvalue weighted by atomic mass is 79.9. The number of thiocarbonyl (C=S) groups is 1. The third-order valence-corrected chi connectivity index (χ3v) is 2.82. The van der Waals surface area contributed by atoms with Gasteiger partial charge in [0.05, 0.1) is 0 Å². The van der Waals surface area contributed by atoms with Crippen LogP contribution in [-0.4, -0.2) is 25.4 Å². The third kappa shape index (κ3) is 6.00. The highest BCUT2D eigenvalue weighted by Gasteiger charge is 1.99. The second-order valence-corrected chi connectivity index (χ2v) is 5.07. The van der Waals surface area contributed by atoms with E-state index in [4.69, 9.17) is 17.0 Å². The molecular weight excluding hydrogens is 300 g/mol. The quantitative estimate of drug-likeness (QED) is 0.646. The predicted molar refractivity (Wildman–Crippen MR) is 79.6 cm³/mol. The maximum atomic E-state index is 5.19. The molecule has 1 aromatic rings. The van der Waals surface area contributed by atoms with Crippen LogP contribution in [0.2, 0.25) is 0 Å². The number of methoxy groups -OCH3 is 1. The van der Waals surface area contributed by atoms with Crippen molar-refractivity contribution in [3.8, 4) is 0 Å². The van der Waals surface area contributed by atoms with Gasteiger partial charge in [-0.15, -0.1) is 0 Å². The minimum Gasteiger partial charge on any atom is -0.385 e. The van der Waals surface area contributed by atoms with E-state index < -0.39 is 0 Å². The normalized spacial score (nSPS) is 10.1. The van der Waals surface area contributed by atoms with Crippen molar-refractivity contribution >= 4 is 38.9 Å². The van der Waals surface area contributed by atoms with Crippen LogP contribution in [0.4, 0.5) is 5.69 Å². The fourth-order valence-electron chi connectivity index (χ4n) is 1.40. The number of anilines is 1. The lowest BCUT2D eigenvalue weighted by molar-refractivity contribution is 0.196. The van der Waals surface area contributed by atoms with Crippen LogP contribution >= 0.6 is 28.1 Å². The fourth-order valence-corrected chi connectivity index (χ4v) is 2.23. The standard InChI is InChI=1S/C12H17BrN2OS/c1-9-6-10(13)8-11(7-9)15-12(17)14-4-3-5-16-2/h6-8H,3-5H2,1-2H3,(H2,14,15,17). The van der Waals surface area contributed by atoms with Crippen molar-refractivity contribution in [1.29, 1.82) is 0 Å². The van der Waals surface area contributed by atoms with Gasteiger partial charge < -0.3 is 15.4 Å². The number of hydrogen-bond donors (Lipinski definition) is 2. The minimum absolute atomic E-state index is 0.638. The average molecular weight is 317 g/mol. The largest absolute Gasteiger partial charge is 0.385 e. The van der Waals surface area contributed by atoms with Crippen molar-refractivity contribution in [2.75, 3.05) is 25.6 Å². The van der Waals surface area contributed by atoms with Gasteiger partial charge in [0.15, 0.2) is 5.11 Å². The summed E-state index contributed by atoms with van der Waals surface area (Å²) >= 11 is 8.65. The van der Waals surface area contributed by atoms with E-state index in [-0.39, 0.29) is 0 Å². The van der Waals surface area contributed by atoms with Crippen molar-refractivity contribution in [3.63, 3.8) is 0 Å². The number of ether oxygens (including phenoxy) is 1. The van der Waals surface area contributed by atoms with Gasteiger partial charge in [0.25, 0.3) is 0 Å². The molecule has 0 aliphatic heterocycles. The summed E-state index contributed by atoms with van der Waals surface area (Å²) in [5.41, 5.74) is 2.17. The lowest BCUT2D eigenvalue weighted by atomic mass is 10.2. The molecule has 0 saturated carbocycles. The van der Waals surface area contributed by atoms with Crippen LogP contribution in [0.5, 0.6) is 0 Å². The Labute approximate surface area is 116 Å².